The number of anilines is 1. The molecule has 0 unspecified atom stereocenters. The second kappa shape index (κ2) is 9.55. The quantitative estimate of drug-likeness (QED) is 0.635. The fourth-order valence-corrected chi connectivity index (χ4v) is 7.30. The number of benzene rings is 1. The van der Waals surface area contributed by atoms with E-state index in [9.17, 15) is 18.0 Å². The normalized spacial score (nSPS) is 25.2. The first kappa shape index (κ1) is 24.8. The van der Waals surface area contributed by atoms with E-state index in [0.717, 1.165) is 49.0 Å². The van der Waals surface area contributed by atoms with E-state index in [2.05, 4.69) is 39.0 Å². The zero-order valence-corrected chi connectivity index (χ0v) is 21.9. The van der Waals surface area contributed by atoms with Crippen molar-refractivity contribution in [2.75, 3.05) is 43.9 Å². The van der Waals surface area contributed by atoms with Crippen molar-refractivity contribution >= 4 is 27.5 Å². The topological polar surface area (TPSA) is 97.0 Å². The lowest BCUT2D eigenvalue weighted by molar-refractivity contribution is -0.129. The average molecular weight is 514 g/mol. The highest BCUT2D eigenvalue weighted by Gasteiger charge is 2.58. The molecule has 3 aliphatic rings. The van der Waals surface area contributed by atoms with Crippen LogP contribution < -0.4 is 4.90 Å². The number of carbonyl (C=O) groups is 2. The molecule has 2 amide bonds. The SMILES string of the molecule is CC(C)[C@@H]1C(=O)N(S(C)(=O)=O)[C@@H]2CCN(C(=O)c3ccc(CN4CCN(c5ccccc5)CC4)[nH]3)[C@H]21. The van der Waals surface area contributed by atoms with E-state index in [1.165, 1.54) is 5.69 Å². The van der Waals surface area contributed by atoms with Crippen LogP contribution in [-0.4, -0.2) is 90.4 Å². The van der Waals surface area contributed by atoms with Gasteiger partial charge in [0.1, 0.15) is 5.69 Å². The van der Waals surface area contributed by atoms with Gasteiger partial charge in [0.15, 0.2) is 0 Å². The number of rotatable bonds is 6. The molecule has 3 saturated heterocycles. The number of piperazine rings is 1. The number of carbonyl (C=O) groups excluding carboxylic acids is 2. The Morgan fingerprint density at radius 3 is 2.36 bits per heavy atom. The average Bonchev–Trinajstić information content (AvgIpc) is 3.53. The van der Waals surface area contributed by atoms with E-state index in [-0.39, 0.29) is 17.7 Å². The Morgan fingerprint density at radius 2 is 1.72 bits per heavy atom. The molecule has 1 aromatic heterocycles. The van der Waals surface area contributed by atoms with E-state index >= 15 is 0 Å². The van der Waals surface area contributed by atoms with E-state index in [1.807, 2.05) is 26.0 Å². The van der Waals surface area contributed by atoms with Crippen molar-refractivity contribution in [3.63, 3.8) is 0 Å². The first-order valence-electron chi connectivity index (χ1n) is 12.7. The highest BCUT2D eigenvalue weighted by molar-refractivity contribution is 7.88. The highest BCUT2D eigenvalue weighted by Crippen LogP contribution is 2.41. The molecule has 10 heteroatoms. The molecule has 5 rings (SSSR count). The van der Waals surface area contributed by atoms with Crippen molar-refractivity contribution in [1.82, 2.24) is 19.1 Å². The summed E-state index contributed by atoms with van der Waals surface area (Å²) in [6.07, 6.45) is 1.55. The number of nitrogens with zero attached hydrogens (tertiary/aromatic N) is 4. The van der Waals surface area contributed by atoms with Crippen LogP contribution in [0.1, 0.15) is 36.5 Å². The molecular weight excluding hydrogens is 478 g/mol. The molecule has 0 saturated carbocycles. The zero-order valence-electron chi connectivity index (χ0n) is 21.1. The van der Waals surface area contributed by atoms with Gasteiger partial charge in [0, 0.05) is 50.6 Å². The minimum absolute atomic E-state index is 0.0705. The molecule has 9 nitrogen and oxygen atoms in total. The molecule has 3 atom stereocenters. The lowest BCUT2D eigenvalue weighted by Gasteiger charge is -2.35. The number of likely N-dealkylation sites (tertiary alicyclic amines) is 1. The van der Waals surface area contributed by atoms with Gasteiger partial charge in [-0.3, -0.25) is 14.5 Å². The van der Waals surface area contributed by atoms with Gasteiger partial charge in [0.05, 0.1) is 24.3 Å². The standard InChI is InChI=1S/C26H35N5O4S/c1-18(2)23-24-22(31(26(23)33)36(3,34)35)11-12-30(24)25(32)21-10-9-19(27-21)17-28-13-15-29(16-14-28)20-7-5-4-6-8-20/h4-10,18,22-24,27H,11-17H2,1-3H3/t22-,23+,24-/m1/s1. The van der Waals surface area contributed by atoms with Crippen LogP contribution in [0.2, 0.25) is 0 Å². The Morgan fingerprint density at radius 1 is 1.03 bits per heavy atom. The molecule has 0 spiro atoms. The summed E-state index contributed by atoms with van der Waals surface area (Å²) >= 11 is 0. The van der Waals surface area contributed by atoms with Crippen molar-refractivity contribution < 1.29 is 18.0 Å². The summed E-state index contributed by atoms with van der Waals surface area (Å²) in [6.45, 7) is 8.78. The largest absolute Gasteiger partial charge is 0.369 e. The molecular formula is C26H35N5O4S. The molecule has 0 bridgehead atoms. The maximum Gasteiger partial charge on any atom is 0.270 e. The zero-order chi connectivity index (χ0) is 25.6. The summed E-state index contributed by atoms with van der Waals surface area (Å²) in [7, 11) is -3.69. The third-order valence-electron chi connectivity index (χ3n) is 7.79. The van der Waals surface area contributed by atoms with Crippen LogP contribution in [0, 0.1) is 11.8 Å². The second-order valence-corrected chi connectivity index (χ2v) is 12.4. The van der Waals surface area contributed by atoms with Gasteiger partial charge in [-0.05, 0) is 36.6 Å². The monoisotopic (exact) mass is 513 g/mol. The number of aromatic nitrogens is 1. The van der Waals surface area contributed by atoms with Gasteiger partial charge in [0.25, 0.3) is 5.91 Å². The van der Waals surface area contributed by atoms with Gasteiger partial charge in [-0.15, -0.1) is 0 Å². The van der Waals surface area contributed by atoms with E-state index in [1.54, 1.807) is 11.0 Å². The van der Waals surface area contributed by atoms with Gasteiger partial charge in [-0.25, -0.2) is 12.7 Å². The number of H-pyrrole nitrogens is 1. The third-order valence-corrected chi connectivity index (χ3v) is 8.96. The van der Waals surface area contributed by atoms with Gasteiger partial charge in [-0.1, -0.05) is 32.0 Å². The number of hydrogen-bond donors (Lipinski definition) is 1. The predicted octanol–water partition coefficient (Wildman–Crippen LogP) is 1.99. The van der Waals surface area contributed by atoms with E-state index in [4.69, 9.17) is 0 Å². The Kier molecular flexibility index (Phi) is 6.59. The van der Waals surface area contributed by atoms with Crippen molar-refractivity contribution in [2.24, 2.45) is 11.8 Å². The summed E-state index contributed by atoms with van der Waals surface area (Å²) in [6, 6.07) is 13.3. The first-order chi connectivity index (χ1) is 17.1. The maximum absolute atomic E-state index is 13.5. The molecule has 36 heavy (non-hydrogen) atoms. The first-order valence-corrected chi connectivity index (χ1v) is 14.5. The molecule has 0 radical (unpaired) electrons. The van der Waals surface area contributed by atoms with Gasteiger partial charge in [-0.2, -0.15) is 0 Å². The predicted molar refractivity (Wildman–Crippen MR) is 138 cm³/mol. The molecule has 4 heterocycles. The van der Waals surface area contributed by atoms with E-state index in [0.29, 0.717) is 18.7 Å². The maximum atomic E-state index is 13.5. The molecule has 0 aliphatic carbocycles. The number of hydrogen-bond acceptors (Lipinski definition) is 6. The minimum Gasteiger partial charge on any atom is -0.369 e. The van der Waals surface area contributed by atoms with Gasteiger partial charge >= 0.3 is 0 Å². The van der Waals surface area contributed by atoms with Crippen molar-refractivity contribution in [3.05, 3.63) is 53.9 Å². The van der Waals surface area contributed by atoms with Crippen molar-refractivity contribution in [3.8, 4) is 0 Å². The van der Waals surface area contributed by atoms with Crippen LogP contribution in [0.15, 0.2) is 42.5 Å². The Balaban J connectivity index is 1.25. The molecule has 1 N–H and O–H groups in total. The van der Waals surface area contributed by atoms with Crippen LogP contribution in [0.25, 0.3) is 0 Å². The summed E-state index contributed by atoms with van der Waals surface area (Å²) < 4.78 is 25.8. The van der Waals surface area contributed by atoms with Gasteiger partial charge in [0.2, 0.25) is 15.9 Å². The number of para-hydroxylation sites is 1. The van der Waals surface area contributed by atoms with Crippen LogP contribution in [0.5, 0.6) is 0 Å². The third kappa shape index (κ3) is 4.52. The van der Waals surface area contributed by atoms with Gasteiger partial charge < -0.3 is 14.8 Å². The lowest BCUT2D eigenvalue weighted by Crippen LogP contribution is -2.46. The number of sulfonamides is 1. The molecule has 1 aromatic carbocycles. The van der Waals surface area contributed by atoms with E-state index < -0.39 is 28.0 Å². The summed E-state index contributed by atoms with van der Waals surface area (Å²) in [4.78, 5) is 36.3. The van der Waals surface area contributed by atoms with Crippen LogP contribution in [-0.2, 0) is 21.4 Å². The van der Waals surface area contributed by atoms with Crippen molar-refractivity contribution in [1.29, 1.82) is 0 Å². The number of aromatic amines is 1. The Hall–Kier alpha value is -2.85. The summed E-state index contributed by atoms with van der Waals surface area (Å²) in [5, 5.41) is 0. The van der Waals surface area contributed by atoms with Crippen molar-refractivity contribution in [2.45, 2.75) is 38.9 Å². The Labute approximate surface area is 213 Å². The number of fused-ring (bicyclic) bond motifs is 1. The molecule has 3 fully saturated rings. The fraction of sp³-hybridized carbons (Fsp3) is 0.538. The van der Waals surface area contributed by atoms with Crippen LogP contribution >= 0.6 is 0 Å². The molecule has 2 aromatic rings. The second-order valence-electron chi connectivity index (χ2n) is 10.5. The van der Waals surface area contributed by atoms with Crippen LogP contribution in [0.3, 0.4) is 0 Å². The minimum atomic E-state index is -3.69. The molecule has 3 aliphatic heterocycles. The smallest absolute Gasteiger partial charge is 0.270 e. The summed E-state index contributed by atoms with van der Waals surface area (Å²) in [5.41, 5.74) is 2.71. The lowest BCUT2D eigenvalue weighted by atomic mass is 9.88. The highest BCUT2D eigenvalue weighted by atomic mass is 32.2. The Bertz CT molecular complexity index is 1220. The fourth-order valence-electron chi connectivity index (χ4n) is 6.13. The number of nitrogens with one attached hydrogen (secondary N) is 1. The van der Waals surface area contributed by atoms with Crippen LogP contribution in [0.4, 0.5) is 5.69 Å². The molecule has 194 valence electrons. The summed E-state index contributed by atoms with van der Waals surface area (Å²) in [5.74, 6) is -1.15. The number of amides is 2.